The SMILES string of the molecule is CC(C)(O/N=C(\C(=O)N[C@@H]1C(=O)N(CC(=O)O)[C@@H]1SN1CCN(NC(=O)NCc2cc(=O)c(O)cn2O)C1=O)c1csc(N)n1)C(=O)O. The number of pyridine rings is 1. The molecule has 4 heterocycles. The Morgan fingerprint density at radius 3 is 2.54 bits per heavy atom. The molecule has 0 radical (unpaired) electrons. The minimum Gasteiger partial charge on any atom is -0.503 e. The number of urea groups is 2. The molecule has 2 aromatic heterocycles. The van der Waals surface area contributed by atoms with Crippen molar-refractivity contribution in [3.63, 3.8) is 0 Å². The van der Waals surface area contributed by atoms with Crippen LogP contribution in [-0.4, -0.2) is 123 Å². The lowest BCUT2D eigenvalue weighted by molar-refractivity contribution is -0.161. The van der Waals surface area contributed by atoms with E-state index in [1.54, 1.807) is 0 Å². The number of carboxylic acid groups (broad SMARTS) is 2. The molecule has 2 aliphatic heterocycles. The molecule has 2 aliphatic rings. The van der Waals surface area contributed by atoms with Crippen molar-refractivity contribution in [3.8, 4) is 5.75 Å². The lowest BCUT2D eigenvalue weighted by Crippen LogP contribution is -2.71. The Kier molecular flexibility index (Phi) is 10.2. The normalized spacial score (nSPS) is 18.0. The molecule has 24 heteroatoms. The number of nitrogens with two attached hydrogens (primary N) is 1. The number of oxime groups is 1. The number of anilines is 1. The zero-order chi connectivity index (χ0) is 35.5. The molecule has 4 rings (SSSR count). The fourth-order valence-electron chi connectivity index (χ4n) is 3.96. The summed E-state index contributed by atoms with van der Waals surface area (Å²) in [7, 11) is 0. The summed E-state index contributed by atoms with van der Waals surface area (Å²) in [6, 6.07) is -2.19. The number of hydrogen-bond acceptors (Lipinski definition) is 15. The number of nitrogen functional groups attached to an aromatic ring is 1. The van der Waals surface area contributed by atoms with Gasteiger partial charge in [-0.05, 0) is 25.8 Å². The van der Waals surface area contributed by atoms with Crippen molar-refractivity contribution in [1.82, 2.24) is 40.0 Å². The lowest BCUT2D eigenvalue weighted by Gasteiger charge is -2.46. The van der Waals surface area contributed by atoms with Crippen LogP contribution in [0.4, 0.5) is 14.7 Å². The summed E-state index contributed by atoms with van der Waals surface area (Å²) in [4.78, 5) is 96.2. The maximum absolute atomic E-state index is 13.3. The molecular formula is C24H28N10O12S2. The number of hydrazine groups is 1. The van der Waals surface area contributed by atoms with Gasteiger partial charge in [-0.1, -0.05) is 5.16 Å². The van der Waals surface area contributed by atoms with Gasteiger partial charge in [0.05, 0.1) is 31.5 Å². The predicted octanol–water partition coefficient (Wildman–Crippen LogP) is -2.05. The third-order valence-corrected chi connectivity index (χ3v) is 8.57. The summed E-state index contributed by atoms with van der Waals surface area (Å²) in [5.74, 6) is -5.35. The molecule has 2 saturated heterocycles. The highest BCUT2D eigenvalue weighted by atomic mass is 32.2. The molecule has 2 aromatic rings. The Balaban J connectivity index is 1.44. The van der Waals surface area contributed by atoms with Crippen molar-refractivity contribution in [1.29, 1.82) is 0 Å². The van der Waals surface area contributed by atoms with E-state index in [4.69, 9.17) is 10.6 Å². The first-order valence-electron chi connectivity index (χ1n) is 13.5. The molecule has 0 unspecified atom stereocenters. The molecule has 48 heavy (non-hydrogen) atoms. The van der Waals surface area contributed by atoms with Crippen LogP contribution in [0.2, 0.25) is 0 Å². The maximum atomic E-state index is 13.3. The number of β-lactam (4-membered cyclic amide) rings is 1. The molecule has 2 atom stereocenters. The number of nitrogens with one attached hydrogen (secondary N) is 3. The standard InChI is InChI=1S/C24H28N10O12S2/c1-24(2,20(41)42)46-30-15(11-9-47-21(25)27-11)17(39)28-16-18(40)31(8-14(37)38)19(16)48-34-4-3-32(23(34)44)29-22(43)26-6-10-5-12(35)13(36)7-33(10)45/h5,7,9,16,19,36,45H,3-4,6,8H2,1-2H3,(H2,25,27)(H,28,39)(H,37,38)(H,41,42)(H2,26,29,43)/b30-15-/t16-,19-/m1/s1. The first-order chi connectivity index (χ1) is 22.5. The summed E-state index contributed by atoms with van der Waals surface area (Å²) in [5.41, 5.74) is 4.56. The lowest BCUT2D eigenvalue weighted by atomic mass is 10.1. The van der Waals surface area contributed by atoms with Gasteiger partial charge in [-0.25, -0.2) is 29.8 Å². The van der Waals surface area contributed by atoms with Crippen LogP contribution in [0.3, 0.4) is 0 Å². The Morgan fingerprint density at radius 2 is 1.92 bits per heavy atom. The molecule has 2 fully saturated rings. The van der Waals surface area contributed by atoms with E-state index in [0.717, 1.165) is 37.8 Å². The number of thiazole rings is 1. The zero-order valence-electron chi connectivity index (χ0n) is 24.8. The Bertz CT molecular complexity index is 1740. The van der Waals surface area contributed by atoms with E-state index >= 15 is 0 Å². The van der Waals surface area contributed by atoms with Gasteiger partial charge in [-0.15, -0.1) is 11.3 Å². The molecule has 9 N–H and O–H groups in total. The van der Waals surface area contributed by atoms with Gasteiger partial charge in [0, 0.05) is 11.4 Å². The number of nitrogens with zero attached hydrogens (tertiary/aromatic N) is 6. The van der Waals surface area contributed by atoms with Crippen molar-refractivity contribution >= 4 is 69.9 Å². The van der Waals surface area contributed by atoms with Gasteiger partial charge in [0.25, 0.3) is 5.91 Å². The van der Waals surface area contributed by atoms with Crippen molar-refractivity contribution < 1.29 is 54.1 Å². The van der Waals surface area contributed by atoms with Crippen LogP contribution >= 0.6 is 23.3 Å². The molecule has 0 aliphatic carbocycles. The first kappa shape index (κ1) is 35.1. The Hall–Kier alpha value is -5.78. The summed E-state index contributed by atoms with van der Waals surface area (Å²) < 4.78 is 1.55. The summed E-state index contributed by atoms with van der Waals surface area (Å²) >= 11 is 1.64. The number of rotatable bonds is 13. The quantitative estimate of drug-likeness (QED) is 0.0364. The smallest absolute Gasteiger partial charge is 0.350 e. The number of carboxylic acids is 2. The van der Waals surface area contributed by atoms with Crippen molar-refractivity contribution in [2.45, 2.75) is 37.4 Å². The Morgan fingerprint density at radius 1 is 1.21 bits per heavy atom. The van der Waals surface area contributed by atoms with E-state index in [9.17, 15) is 54.1 Å². The van der Waals surface area contributed by atoms with E-state index in [2.05, 4.69) is 26.2 Å². The fraction of sp³-hybridized carbons (Fsp3) is 0.375. The number of carbonyl (C=O) groups excluding carboxylic acids is 4. The van der Waals surface area contributed by atoms with Crippen LogP contribution < -0.4 is 27.2 Å². The average molecular weight is 713 g/mol. The second kappa shape index (κ2) is 13.9. The first-order valence-corrected chi connectivity index (χ1v) is 15.2. The Labute approximate surface area is 276 Å². The summed E-state index contributed by atoms with van der Waals surface area (Å²) in [5, 5.41) is 47.3. The van der Waals surface area contributed by atoms with E-state index in [1.807, 2.05) is 0 Å². The molecule has 6 amide bonds. The van der Waals surface area contributed by atoms with Crippen molar-refractivity contribution in [2.24, 2.45) is 5.16 Å². The highest BCUT2D eigenvalue weighted by Crippen LogP contribution is 2.34. The average Bonchev–Trinajstić information content (AvgIpc) is 3.59. The number of amides is 6. The molecule has 0 spiro atoms. The van der Waals surface area contributed by atoms with Crippen LogP contribution in [-0.2, 0) is 30.6 Å². The van der Waals surface area contributed by atoms with Gasteiger partial charge >= 0.3 is 24.0 Å². The van der Waals surface area contributed by atoms with Crippen LogP contribution in [0, 0.1) is 0 Å². The summed E-state index contributed by atoms with van der Waals surface area (Å²) in [6.07, 6.45) is 0.737. The van der Waals surface area contributed by atoms with Gasteiger partial charge in [0.15, 0.2) is 16.6 Å². The minimum absolute atomic E-state index is 0.0207. The summed E-state index contributed by atoms with van der Waals surface area (Å²) in [6.45, 7) is 1.13. The van der Waals surface area contributed by atoms with Crippen LogP contribution in [0.15, 0.2) is 27.6 Å². The topological polar surface area (TPSA) is 312 Å². The number of carbonyl (C=O) groups is 6. The molecule has 0 aromatic carbocycles. The van der Waals surface area contributed by atoms with Crippen LogP contribution in [0.1, 0.15) is 25.2 Å². The second-order valence-corrected chi connectivity index (χ2v) is 12.4. The van der Waals surface area contributed by atoms with E-state index in [0.29, 0.717) is 16.7 Å². The van der Waals surface area contributed by atoms with E-state index in [-0.39, 0.29) is 36.2 Å². The number of likely N-dealkylation sites (tertiary alicyclic amines) is 1. The van der Waals surface area contributed by atoms with Gasteiger partial charge in [0.1, 0.15) is 23.7 Å². The van der Waals surface area contributed by atoms with Gasteiger partial charge in [-0.2, -0.15) is 4.73 Å². The third kappa shape index (κ3) is 7.77. The molecule has 0 bridgehead atoms. The van der Waals surface area contributed by atoms with Crippen molar-refractivity contribution in [2.75, 3.05) is 25.4 Å². The maximum Gasteiger partial charge on any atom is 0.350 e. The predicted molar refractivity (Wildman–Crippen MR) is 162 cm³/mol. The van der Waals surface area contributed by atoms with Crippen LogP contribution in [0.25, 0.3) is 0 Å². The van der Waals surface area contributed by atoms with E-state index in [1.165, 1.54) is 19.2 Å². The molecule has 0 saturated carbocycles. The largest absolute Gasteiger partial charge is 0.503 e. The third-order valence-electron chi connectivity index (χ3n) is 6.56. The zero-order valence-corrected chi connectivity index (χ0v) is 26.5. The monoisotopic (exact) mass is 712 g/mol. The second-order valence-electron chi connectivity index (χ2n) is 10.4. The number of aromatic hydroxyl groups is 1. The highest BCUT2D eigenvalue weighted by molar-refractivity contribution is 7.98. The molecule has 258 valence electrons. The van der Waals surface area contributed by atoms with Crippen molar-refractivity contribution in [3.05, 3.63) is 39.3 Å². The number of hydrogen-bond donors (Lipinski definition) is 8. The van der Waals surface area contributed by atoms with Crippen LogP contribution in [0.5, 0.6) is 5.75 Å². The van der Waals surface area contributed by atoms with Gasteiger partial charge in [0.2, 0.25) is 16.9 Å². The highest BCUT2D eigenvalue weighted by Gasteiger charge is 2.52. The number of aromatic nitrogens is 2. The molecular weight excluding hydrogens is 684 g/mol. The van der Waals surface area contributed by atoms with E-state index < -0.39 is 76.3 Å². The van der Waals surface area contributed by atoms with Gasteiger partial charge < -0.3 is 46.6 Å². The number of aliphatic carboxylic acids is 2. The van der Waals surface area contributed by atoms with Gasteiger partial charge in [-0.3, -0.25) is 23.5 Å². The minimum atomic E-state index is -1.87. The fourth-order valence-corrected chi connectivity index (χ4v) is 5.75. The molecule has 22 nitrogen and oxygen atoms in total.